The summed E-state index contributed by atoms with van der Waals surface area (Å²) in [5, 5.41) is 9.56. The summed E-state index contributed by atoms with van der Waals surface area (Å²) < 4.78 is 6.00. The second-order valence-electron chi connectivity index (χ2n) is 7.20. The number of hydrogen-bond acceptors (Lipinski definition) is 3. The van der Waals surface area contributed by atoms with Crippen LogP contribution in [0, 0.1) is 19.3 Å². The van der Waals surface area contributed by atoms with Crippen molar-refractivity contribution in [3.05, 3.63) is 63.1 Å². The zero-order valence-electron chi connectivity index (χ0n) is 16.5. The number of hydrogen-bond donors (Lipinski definition) is 1. The molecule has 1 aliphatic rings. The van der Waals surface area contributed by atoms with Crippen LogP contribution in [0.25, 0.3) is 0 Å². The molecule has 0 saturated carbocycles. The van der Waals surface area contributed by atoms with Crippen molar-refractivity contribution in [2.75, 3.05) is 39.3 Å². The molecular weight excluding hydrogens is 393 g/mol. The molecule has 0 radical (unpaired) electrons. The molecule has 1 saturated heterocycles. The molecule has 0 unspecified atom stereocenters. The van der Waals surface area contributed by atoms with Crippen LogP contribution in [0.4, 0.5) is 0 Å². The van der Waals surface area contributed by atoms with Crippen LogP contribution in [-0.4, -0.2) is 55.0 Å². The van der Waals surface area contributed by atoms with Crippen molar-refractivity contribution >= 4 is 29.0 Å². The van der Waals surface area contributed by atoms with E-state index in [4.69, 9.17) is 33.3 Å². The topological polar surface area (TPSA) is 39.6 Å². The summed E-state index contributed by atoms with van der Waals surface area (Å²) in [6, 6.07) is 11.6. The Morgan fingerprint density at radius 1 is 0.964 bits per heavy atom. The van der Waals surface area contributed by atoms with Crippen LogP contribution >= 0.6 is 23.2 Å². The van der Waals surface area contributed by atoms with Crippen LogP contribution in [0.5, 0.6) is 5.75 Å². The summed E-state index contributed by atoms with van der Waals surface area (Å²) in [5.41, 5.74) is 3.00. The average Bonchev–Trinajstić information content (AvgIpc) is 2.67. The summed E-state index contributed by atoms with van der Waals surface area (Å²) in [7, 11) is 0. The number of aryl methyl sites for hydroxylation is 2. The Morgan fingerprint density at radius 2 is 1.54 bits per heavy atom. The molecular formula is C22H27Cl2N3O. The Bertz CT molecular complexity index is 792. The van der Waals surface area contributed by atoms with E-state index in [1.165, 1.54) is 11.1 Å². The standard InChI is InChI=1S/C22H27Cl2N3O/c1-16-6-3-7-17(2)21(16)28-15-5-10-26-11-13-27(14-12-26)22(25)20-18(23)8-4-9-19(20)24/h3-4,6-9,25H,5,10-15H2,1-2H3. The second kappa shape index (κ2) is 9.64. The lowest BCUT2D eigenvalue weighted by molar-refractivity contribution is 0.169. The lowest BCUT2D eigenvalue weighted by Crippen LogP contribution is -2.49. The first kappa shape index (κ1) is 21.0. The molecule has 1 fully saturated rings. The third-order valence-corrected chi connectivity index (χ3v) is 5.79. The van der Waals surface area contributed by atoms with Gasteiger partial charge in [0.15, 0.2) is 0 Å². The molecule has 1 N–H and O–H groups in total. The number of rotatable bonds is 6. The third kappa shape index (κ3) is 4.99. The highest BCUT2D eigenvalue weighted by Crippen LogP contribution is 2.26. The van der Waals surface area contributed by atoms with E-state index in [2.05, 4.69) is 41.8 Å². The maximum Gasteiger partial charge on any atom is 0.131 e. The van der Waals surface area contributed by atoms with Crippen LogP contribution in [0.15, 0.2) is 36.4 Å². The van der Waals surface area contributed by atoms with Gasteiger partial charge >= 0.3 is 0 Å². The van der Waals surface area contributed by atoms with Gasteiger partial charge in [0.05, 0.1) is 22.2 Å². The van der Waals surface area contributed by atoms with Crippen LogP contribution in [-0.2, 0) is 0 Å². The minimum atomic E-state index is 0.411. The molecule has 2 aromatic carbocycles. The van der Waals surface area contributed by atoms with Gasteiger partial charge in [-0.05, 0) is 43.5 Å². The molecule has 1 aliphatic heterocycles. The Balaban J connectivity index is 1.44. The van der Waals surface area contributed by atoms with E-state index < -0.39 is 0 Å². The van der Waals surface area contributed by atoms with E-state index in [9.17, 15) is 0 Å². The van der Waals surface area contributed by atoms with Crippen molar-refractivity contribution in [1.82, 2.24) is 9.80 Å². The van der Waals surface area contributed by atoms with Gasteiger partial charge in [0, 0.05) is 32.7 Å². The smallest absolute Gasteiger partial charge is 0.131 e. The molecule has 0 aromatic heterocycles. The van der Waals surface area contributed by atoms with Gasteiger partial charge < -0.3 is 9.64 Å². The highest BCUT2D eigenvalue weighted by atomic mass is 35.5. The monoisotopic (exact) mass is 419 g/mol. The van der Waals surface area contributed by atoms with Crippen LogP contribution in [0.3, 0.4) is 0 Å². The van der Waals surface area contributed by atoms with Crippen molar-refractivity contribution in [3.63, 3.8) is 0 Å². The van der Waals surface area contributed by atoms with Gasteiger partial charge in [-0.25, -0.2) is 0 Å². The van der Waals surface area contributed by atoms with Gasteiger partial charge in [-0.3, -0.25) is 10.3 Å². The first-order chi connectivity index (χ1) is 13.5. The van der Waals surface area contributed by atoms with Crippen molar-refractivity contribution in [2.24, 2.45) is 0 Å². The van der Waals surface area contributed by atoms with Gasteiger partial charge in [0.25, 0.3) is 0 Å². The first-order valence-corrected chi connectivity index (χ1v) is 10.4. The van der Waals surface area contributed by atoms with Gasteiger partial charge in [0.1, 0.15) is 11.6 Å². The van der Waals surface area contributed by atoms with Crippen molar-refractivity contribution in [1.29, 1.82) is 5.41 Å². The van der Waals surface area contributed by atoms with E-state index in [-0.39, 0.29) is 0 Å². The molecule has 0 atom stereocenters. The molecule has 1 heterocycles. The number of piperazine rings is 1. The predicted octanol–water partition coefficient (Wildman–Crippen LogP) is 5.02. The molecule has 4 nitrogen and oxygen atoms in total. The molecule has 0 spiro atoms. The number of nitrogens with zero attached hydrogens (tertiary/aromatic N) is 2. The van der Waals surface area contributed by atoms with Crippen molar-refractivity contribution in [3.8, 4) is 5.75 Å². The fraction of sp³-hybridized carbons (Fsp3) is 0.409. The van der Waals surface area contributed by atoms with E-state index in [0.717, 1.165) is 51.5 Å². The Kier molecular flexibility index (Phi) is 7.22. The summed E-state index contributed by atoms with van der Waals surface area (Å²) in [6.45, 7) is 9.34. The summed E-state index contributed by atoms with van der Waals surface area (Å²) in [5.74, 6) is 1.42. The fourth-order valence-electron chi connectivity index (χ4n) is 3.57. The number of nitrogens with one attached hydrogen (secondary N) is 1. The average molecular weight is 420 g/mol. The van der Waals surface area contributed by atoms with Gasteiger partial charge in [0.2, 0.25) is 0 Å². The molecule has 3 rings (SSSR count). The third-order valence-electron chi connectivity index (χ3n) is 5.16. The van der Waals surface area contributed by atoms with E-state index in [1.807, 2.05) is 0 Å². The molecule has 0 amide bonds. The number of halogens is 2. The Hall–Kier alpha value is -1.75. The van der Waals surface area contributed by atoms with Crippen LogP contribution < -0.4 is 4.74 Å². The van der Waals surface area contributed by atoms with Gasteiger partial charge in [-0.15, -0.1) is 0 Å². The molecule has 6 heteroatoms. The zero-order chi connectivity index (χ0) is 20.1. The lowest BCUT2D eigenvalue weighted by atomic mass is 10.1. The Morgan fingerprint density at radius 3 is 2.14 bits per heavy atom. The van der Waals surface area contributed by atoms with Gasteiger partial charge in [-0.2, -0.15) is 0 Å². The van der Waals surface area contributed by atoms with Crippen LogP contribution in [0.2, 0.25) is 10.0 Å². The van der Waals surface area contributed by atoms with E-state index in [0.29, 0.717) is 21.4 Å². The maximum atomic E-state index is 8.49. The van der Waals surface area contributed by atoms with E-state index in [1.54, 1.807) is 18.2 Å². The summed E-state index contributed by atoms with van der Waals surface area (Å²) >= 11 is 12.5. The van der Waals surface area contributed by atoms with Gasteiger partial charge in [-0.1, -0.05) is 47.5 Å². The zero-order valence-corrected chi connectivity index (χ0v) is 18.0. The summed E-state index contributed by atoms with van der Waals surface area (Å²) in [6.07, 6.45) is 0.988. The molecule has 28 heavy (non-hydrogen) atoms. The molecule has 150 valence electrons. The van der Waals surface area contributed by atoms with E-state index >= 15 is 0 Å². The molecule has 2 aromatic rings. The highest BCUT2D eigenvalue weighted by molar-refractivity contribution is 6.39. The number of para-hydroxylation sites is 1. The highest BCUT2D eigenvalue weighted by Gasteiger charge is 2.22. The quantitative estimate of drug-likeness (QED) is 0.405. The maximum absolute atomic E-state index is 8.49. The number of benzene rings is 2. The Labute approximate surface area is 177 Å². The summed E-state index contributed by atoms with van der Waals surface area (Å²) in [4.78, 5) is 4.48. The number of ether oxygens (including phenoxy) is 1. The lowest BCUT2D eigenvalue weighted by Gasteiger charge is -2.36. The second-order valence-corrected chi connectivity index (χ2v) is 8.01. The van der Waals surface area contributed by atoms with Crippen LogP contribution in [0.1, 0.15) is 23.1 Å². The van der Waals surface area contributed by atoms with Crippen molar-refractivity contribution in [2.45, 2.75) is 20.3 Å². The SMILES string of the molecule is Cc1cccc(C)c1OCCCN1CCN(C(=N)c2c(Cl)cccc2Cl)CC1. The normalized spacial score (nSPS) is 14.9. The molecule has 0 aliphatic carbocycles. The fourth-order valence-corrected chi connectivity index (χ4v) is 4.14. The number of amidine groups is 1. The predicted molar refractivity (Wildman–Crippen MR) is 117 cm³/mol. The largest absolute Gasteiger partial charge is 0.493 e. The minimum Gasteiger partial charge on any atom is -0.493 e. The molecule has 0 bridgehead atoms. The van der Waals surface area contributed by atoms with Crippen molar-refractivity contribution < 1.29 is 4.74 Å². The first-order valence-electron chi connectivity index (χ1n) is 9.66. The minimum absolute atomic E-state index is 0.411.